The van der Waals surface area contributed by atoms with Crippen LogP contribution in [0.2, 0.25) is 0 Å². The molecule has 0 spiro atoms. The van der Waals surface area contributed by atoms with Crippen LogP contribution in [-0.4, -0.2) is 38.5 Å². The van der Waals surface area contributed by atoms with Gasteiger partial charge in [-0.1, -0.05) is 18.7 Å². The van der Waals surface area contributed by atoms with E-state index in [0.29, 0.717) is 12.4 Å². The summed E-state index contributed by atoms with van der Waals surface area (Å²) < 4.78 is 6.78. The minimum absolute atomic E-state index is 0.156. The molecule has 0 aliphatic rings. The number of carbonyl (C=O) groups excluding carboxylic acids is 1. The molecule has 1 aromatic rings. The van der Waals surface area contributed by atoms with Gasteiger partial charge >= 0.3 is 5.97 Å². The Morgan fingerprint density at radius 3 is 2.76 bits per heavy atom. The number of esters is 1. The van der Waals surface area contributed by atoms with Gasteiger partial charge in [-0.3, -0.25) is 4.79 Å². The summed E-state index contributed by atoms with van der Waals surface area (Å²) in [5.41, 5.74) is -0.406. The molecule has 0 radical (unpaired) electrons. The van der Waals surface area contributed by atoms with Gasteiger partial charge in [-0.2, -0.15) is 0 Å². The molecule has 0 saturated heterocycles. The molecule has 96 valence electrons. The van der Waals surface area contributed by atoms with Crippen molar-refractivity contribution in [3.05, 3.63) is 0 Å². The summed E-state index contributed by atoms with van der Waals surface area (Å²) in [6.07, 6.45) is 0.770. The number of nitrogens with zero attached hydrogens (tertiary/aromatic N) is 4. The lowest BCUT2D eigenvalue weighted by molar-refractivity contribution is -0.153. The predicted octanol–water partition coefficient (Wildman–Crippen LogP) is 1.28. The second-order valence-corrected chi connectivity index (χ2v) is 5.37. The smallest absolute Gasteiger partial charge is 0.311 e. The van der Waals surface area contributed by atoms with Gasteiger partial charge in [-0.15, -0.1) is 5.10 Å². The highest BCUT2D eigenvalue weighted by molar-refractivity contribution is 7.99. The Hall–Kier alpha value is -1.11. The molecule has 7 heteroatoms. The number of hydrogen-bond donors (Lipinski definition) is 0. The van der Waals surface area contributed by atoms with Crippen LogP contribution >= 0.6 is 11.8 Å². The van der Waals surface area contributed by atoms with Gasteiger partial charge in [0.15, 0.2) is 0 Å². The van der Waals surface area contributed by atoms with Gasteiger partial charge in [-0.25, -0.2) is 4.68 Å². The average Bonchev–Trinajstić information content (AvgIpc) is 2.70. The molecule has 0 aliphatic carbocycles. The zero-order valence-corrected chi connectivity index (χ0v) is 11.5. The predicted molar refractivity (Wildman–Crippen MR) is 64.6 cm³/mol. The summed E-state index contributed by atoms with van der Waals surface area (Å²) >= 11 is 1.46. The minimum Gasteiger partial charge on any atom is -0.464 e. The SMILES string of the molecule is CCC(C)(C)C(=O)OCCSc1nnnn1C. The van der Waals surface area contributed by atoms with Crippen LogP contribution in [0.4, 0.5) is 0 Å². The van der Waals surface area contributed by atoms with Crippen LogP contribution in [0.5, 0.6) is 0 Å². The van der Waals surface area contributed by atoms with Gasteiger partial charge < -0.3 is 4.74 Å². The third-order valence-electron chi connectivity index (χ3n) is 2.57. The summed E-state index contributed by atoms with van der Waals surface area (Å²) in [5, 5.41) is 11.8. The lowest BCUT2D eigenvalue weighted by Gasteiger charge is -2.20. The Morgan fingerprint density at radius 2 is 2.24 bits per heavy atom. The first-order chi connectivity index (χ1) is 7.97. The Labute approximate surface area is 105 Å². The van der Waals surface area contributed by atoms with Crippen molar-refractivity contribution >= 4 is 17.7 Å². The van der Waals surface area contributed by atoms with E-state index in [1.807, 2.05) is 20.8 Å². The van der Waals surface area contributed by atoms with Gasteiger partial charge in [0.25, 0.3) is 0 Å². The van der Waals surface area contributed by atoms with Gasteiger partial charge in [0, 0.05) is 12.8 Å². The third-order valence-corrected chi connectivity index (χ3v) is 3.54. The Balaban J connectivity index is 2.25. The monoisotopic (exact) mass is 258 g/mol. The first-order valence-electron chi connectivity index (χ1n) is 5.49. The summed E-state index contributed by atoms with van der Waals surface area (Å²) in [5.74, 6) is 0.497. The number of tetrazole rings is 1. The number of aromatic nitrogens is 4. The van der Waals surface area contributed by atoms with Gasteiger partial charge in [-0.05, 0) is 30.7 Å². The highest BCUT2D eigenvalue weighted by atomic mass is 32.2. The van der Waals surface area contributed by atoms with Crippen molar-refractivity contribution in [1.82, 2.24) is 20.2 Å². The number of thioether (sulfide) groups is 1. The van der Waals surface area contributed by atoms with E-state index in [0.717, 1.165) is 11.6 Å². The van der Waals surface area contributed by atoms with Crippen molar-refractivity contribution in [1.29, 1.82) is 0 Å². The van der Waals surface area contributed by atoms with Crippen LogP contribution in [-0.2, 0) is 16.6 Å². The largest absolute Gasteiger partial charge is 0.464 e. The lowest BCUT2D eigenvalue weighted by atomic mass is 9.91. The molecule has 0 atom stereocenters. The first kappa shape index (κ1) is 14.0. The molecule has 0 aliphatic heterocycles. The molecular formula is C10H18N4O2S. The highest BCUT2D eigenvalue weighted by Crippen LogP contribution is 2.21. The summed E-state index contributed by atoms with van der Waals surface area (Å²) in [7, 11) is 1.77. The molecule has 1 rings (SSSR count). The van der Waals surface area contributed by atoms with E-state index in [4.69, 9.17) is 4.74 Å². The zero-order chi connectivity index (χ0) is 12.9. The fourth-order valence-electron chi connectivity index (χ4n) is 0.951. The minimum atomic E-state index is -0.406. The van der Waals surface area contributed by atoms with E-state index in [1.165, 1.54) is 11.8 Å². The quantitative estimate of drug-likeness (QED) is 0.435. The Kier molecular flexibility index (Phi) is 4.92. The zero-order valence-electron chi connectivity index (χ0n) is 10.6. The van der Waals surface area contributed by atoms with Crippen LogP contribution < -0.4 is 0 Å². The summed E-state index contributed by atoms with van der Waals surface area (Å²) in [6, 6.07) is 0. The number of rotatable bonds is 6. The van der Waals surface area contributed by atoms with E-state index in [2.05, 4.69) is 15.5 Å². The van der Waals surface area contributed by atoms with E-state index in [-0.39, 0.29) is 5.97 Å². The van der Waals surface area contributed by atoms with Crippen LogP contribution in [0.3, 0.4) is 0 Å². The molecule has 0 saturated carbocycles. The number of carbonyl (C=O) groups is 1. The highest BCUT2D eigenvalue weighted by Gasteiger charge is 2.26. The second-order valence-electron chi connectivity index (χ2n) is 4.31. The normalized spacial score (nSPS) is 11.5. The van der Waals surface area contributed by atoms with Crippen molar-refractivity contribution < 1.29 is 9.53 Å². The fraction of sp³-hybridized carbons (Fsp3) is 0.800. The van der Waals surface area contributed by atoms with E-state index >= 15 is 0 Å². The van der Waals surface area contributed by atoms with Crippen molar-refractivity contribution in [3.63, 3.8) is 0 Å². The summed E-state index contributed by atoms with van der Waals surface area (Å²) in [4.78, 5) is 11.6. The molecule has 0 amide bonds. The van der Waals surface area contributed by atoms with Crippen molar-refractivity contribution in [2.24, 2.45) is 12.5 Å². The third kappa shape index (κ3) is 3.99. The maximum Gasteiger partial charge on any atom is 0.311 e. The van der Waals surface area contributed by atoms with Crippen LogP contribution in [0.25, 0.3) is 0 Å². The fourth-order valence-corrected chi connectivity index (χ4v) is 1.62. The molecule has 0 N–H and O–H groups in total. The molecule has 0 aromatic carbocycles. The average molecular weight is 258 g/mol. The number of aryl methyl sites for hydroxylation is 1. The van der Waals surface area contributed by atoms with Crippen molar-refractivity contribution in [3.8, 4) is 0 Å². The molecule has 1 aromatic heterocycles. The molecule has 0 fully saturated rings. The van der Waals surface area contributed by atoms with Crippen LogP contribution in [0.15, 0.2) is 5.16 Å². The second kappa shape index (κ2) is 6.00. The number of hydrogen-bond acceptors (Lipinski definition) is 6. The van der Waals surface area contributed by atoms with E-state index < -0.39 is 5.41 Å². The maximum absolute atomic E-state index is 11.6. The maximum atomic E-state index is 11.6. The van der Waals surface area contributed by atoms with Crippen molar-refractivity contribution in [2.75, 3.05) is 12.4 Å². The first-order valence-corrected chi connectivity index (χ1v) is 6.48. The molecule has 0 unspecified atom stereocenters. The molecule has 17 heavy (non-hydrogen) atoms. The van der Waals surface area contributed by atoms with Crippen molar-refractivity contribution in [2.45, 2.75) is 32.3 Å². The Bertz CT molecular complexity index is 378. The number of ether oxygens (including phenoxy) is 1. The molecule has 0 bridgehead atoms. The summed E-state index contributed by atoms with van der Waals surface area (Å²) in [6.45, 7) is 6.12. The lowest BCUT2D eigenvalue weighted by Crippen LogP contribution is -2.26. The van der Waals surface area contributed by atoms with E-state index in [9.17, 15) is 4.79 Å². The molecule has 1 heterocycles. The topological polar surface area (TPSA) is 69.9 Å². The van der Waals surface area contributed by atoms with Gasteiger partial charge in [0.2, 0.25) is 5.16 Å². The van der Waals surface area contributed by atoms with Crippen LogP contribution in [0.1, 0.15) is 27.2 Å². The van der Waals surface area contributed by atoms with Crippen LogP contribution in [0, 0.1) is 5.41 Å². The van der Waals surface area contributed by atoms with E-state index in [1.54, 1.807) is 11.7 Å². The van der Waals surface area contributed by atoms with Gasteiger partial charge in [0.05, 0.1) is 5.41 Å². The van der Waals surface area contributed by atoms with Gasteiger partial charge in [0.1, 0.15) is 6.61 Å². The Morgan fingerprint density at radius 1 is 1.53 bits per heavy atom. The molecular weight excluding hydrogens is 240 g/mol. The standard InChI is InChI=1S/C10H18N4O2S/c1-5-10(2,3)8(15)16-6-7-17-9-11-12-13-14(9)4/h5-7H2,1-4H3. The molecule has 6 nitrogen and oxygen atoms in total.